The van der Waals surface area contributed by atoms with E-state index in [4.69, 9.17) is 4.52 Å². The zero-order chi connectivity index (χ0) is 17.1. The lowest BCUT2D eigenvalue weighted by molar-refractivity contribution is 0.313. The van der Waals surface area contributed by atoms with Crippen LogP contribution in [0.1, 0.15) is 0 Å². The number of rotatable bonds is 12. The summed E-state index contributed by atoms with van der Waals surface area (Å²) in [6.45, 7) is 16.6. The third kappa shape index (κ3) is 5.36. The molecule has 0 aliphatic heterocycles. The maximum Gasteiger partial charge on any atom is 0.396 e. The average molecular weight is 332 g/mol. The number of benzene rings is 1. The number of para-hydroxylation sites is 1. The van der Waals surface area contributed by atoms with E-state index in [1.54, 1.807) is 45.8 Å². The zero-order valence-electron chi connectivity index (χ0n) is 13.5. The highest BCUT2D eigenvalue weighted by Gasteiger charge is 2.38. The van der Waals surface area contributed by atoms with E-state index >= 15 is 0 Å². The minimum absolute atomic E-state index is 0.418. The van der Waals surface area contributed by atoms with Crippen molar-refractivity contribution in [1.82, 2.24) is 9.34 Å². The molecule has 0 spiro atoms. The van der Waals surface area contributed by atoms with Crippen molar-refractivity contribution < 1.29 is 9.09 Å². The first-order chi connectivity index (χ1) is 11.1. The minimum atomic E-state index is -3.35. The van der Waals surface area contributed by atoms with Crippen molar-refractivity contribution in [3.8, 4) is 5.75 Å². The number of hydrogen-bond acceptors (Lipinski definition) is 2. The van der Waals surface area contributed by atoms with Crippen molar-refractivity contribution in [1.29, 1.82) is 0 Å². The van der Waals surface area contributed by atoms with Crippen molar-refractivity contribution >= 4 is 7.67 Å². The van der Waals surface area contributed by atoms with E-state index in [9.17, 15) is 4.57 Å². The summed E-state index contributed by atoms with van der Waals surface area (Å²) in [5.41, 5.74) is 0. The smallest absolute Gasteiger partial charge is 0.396 e. The van der Waals surface area contributed by atoms with E-state index in [0.29, 0.717) is 31.9 Å². The molecule has 0 amide bonds. The fraction of sp³-hybridized carbons (Fsp3) is 0.222. The van der Waals surface area contributed by atoms with Gasteiger partial charge in [-0.05, 0) is 12.1 Å². The molecule has 0 radical (unpaired) electrons. The Hall–Kier alpha value is -1.87. The Morgan fingerprint density at radius 3 is 1.57 bits per heavy atom. The van der Waals surface area contributed by atoms with E-state index in [0.717, 1.165) is 0 Å². The topological polar surface area (TPSA) is 32.8 Å². The summed E-state index contributed by atoms with van der Waals surface area (Å²) in [7, 11) is -3.35. The summed E-state index contributed by atoms with van der Waals surface area (Å²) in [5, 5.41) is 0. The van der Waals surface area contributed by atoms with Crippen molar-refractivity contribution in [3.63, 3.8) is 0 Å². The van der Waals surface area contributed by atoms with E-state index in [1.165, 1.54) is 0 Å². The van der Waals surface area contributed by atoms with Gasteiger partial charge in [0.2, 0.25) is 0 Å². The van der Waals surface area contributed by atoms with E-state index < -0.39 is 7.67 Å². The molecule has 0 aromatic heterocycles. The summed E-state index contributed by atoms with van der Waals surface area (Å²) >= 11 is 0. The van der Waals surface area contributed by atoms with Gasteiger partial charge in [0.1, 0.15) is 5.75 Å². The van der Waals surface area contributed by atoms with Crippen LogP contribution in [0.4, 0.5) is 0 Å². The third-order valence-electron chi connectivity index (χ3n) is 3.04. The lowest BCUT2D eigenvalue weighted by Gasteiger charge is -2.36. The minimum Gasteiger partial charge on any atom is -0.422 e. The van der Waals surface area contributed by atoms with Crippen molar-refractivity contribution in [2.75, 3.05) is 26.2 Å². The van der Waals surface area contributed by atoms with Crippen LogP contribution in [-0.2, 0) is 4.57 Å². The van der Waals surface area contributed by atoms with Crippen molar-refractivity contribution in [3.05, 3.63) is 81.0 Å². The van der Waals surface area contributed by atoms with Crippen molar-refractivity contribution in [2.45, 2.75) is 0 Å². The molecular weight excluding hydrogens is 307 g/mol. The zero-order valence-corrected chi connectivity index (χ0v) is 14.4. The monoisotopic (exact) mass is 332 g/mol. The van der Waals surface area contributed by atoms with Crippen LogP contribution in [0, 0.1) is 0 Å². The molecule has 124 valence electrons. The fourth-order valence-electron chi connectivity index (χ4n) is 2.07. The molecule has 0 saturated heterocycles. The maximum absolute atomic E-state index is 13.8. The Morgan fingerprint density at radius 2 is 1.22 bits per heavy atom. The standard InChI is InChI=1S/C18H25N2O2P/c1-5-14-19(15-6-2)23(21,20(16-7-3)17-8-4)22-18-12-10-9-11-13-18/h5-13H,1-4,14-17H2. The Balaban J connectivity index is 3.26. The molecule has 1 aromatic rings. The first-order valence-electron chi connectivity index (χ1n) is 7.41. The lowest BCUT2D eigenvalue weighted by atomic mass is 10.3. The van der Waals surface area contributed by atoms with Gasteiger partial charge in [0, 0.05) is 26.2 Å². The molecule has 1 aromatic carbocycles. The summed E-state index contributed by atoms with van der Waals surface area (Å²) in [4.78, 5) is 0. The first kappa shape index (κ1) is 19.2. The third-order valence-corrected chi connectivity index (χ3v) is 5.57. The predicted molar refractivity (Wildman–Crippen MR) is 98.6 cm³/mol. The van der Waals surface area contributed by atoms with Crippen LogP contribution in [-0.4, -0.2) is 35.5 Å². The Labute approximate surface area is 139 Å². The second-order valence-electron chi connectivity index (χ2n) is 4.79. The molecule has 0 aliphatic rings. The summed E-state index contributed by atoms with van der Waals surface area (Å²) in [6.07, 6.45) is 6.80. The molecule has 0 unspecified atom stereocenters. The Kier molecular flexibility index (Phi) is 8.35. The molecule has 0 heterocycles. The van der Waals surface area contributed by atoms with E-state index in [2.05, 4.69) is 26.3 Å². The van der Waals surface area contributed by atoms with Gasteiger partial charge in [-0.1, -0.05) is 42.5 Å². The second kappa shape index (κ2) is 10.0. The maximum atomic E-state index is 13.8. The van der Waals surface area contributed by atoms with E-state index in [1.807, 2.05) is 18.2 Å². The molecule has 0 N–H and O–H groups in total. The normalized spacial score (nSPS) is 11.2. The summed E-state index contributed by atoms with van der Waals surface area (Å²) in [6, 6.07) is 9.14. The molecule has 0 saturated carbocycles. The van der Waals surface area contributed by atoms with Crippen LogP contribution in [0.2, 0.25) is 0 Å². The SMILES string of the molecule is C=CCN(CC=C)P(=O)(Oc1ccccc1)N(CC=C)CC=C. The molecule has 5 heteroatoms. The van der Waals surface area contributed by atoms with E-state index in [-0.39, 0.29) is 0 Å². The van der Waals surface area contributed by atoms with Gasteiger partial charge in [0.15, 0.2) is 0 Å². The Bertz CT molecular complexity index is 524. The van der Waals surface area contributed by atoms with Gasteiger partial charge < -0.3 is 4.52 Å². The molecule has 4 nitrogen and oxygen atoms in total. The van der Waals surface area contributed by atoms with Gasteiger partial charge in [0.05, 0.1) is 0 Å². The van der Waals surface area contributed by atoms with Crippen LogP contribution >= 0.6 is 7.67 Å². The highest BCUT2D eigenvalue weighted by atomic mass is 31.2. The second-order valence-corrected chi connectivity index (χ2v) is 7.09. The van der Waals surface area contributed by atoms with Crippen LogP contribution in [0.3, 0.4) is 0 Å². The molecule has 23 heavy (non-hydrogen) atoms. The van der Waals surface area contributed by atoms with Crippen LogP contribution in [0.25, 0.3) is 0 Å². The molecule has 0 aliphatic carbocycles. The van der Waals surface area contributed by atoms with Crippen LogP contribution in [0.15, 0.2) is 81.0 Å². The molecule has 0 bridgehead atoms. The Morgan fingerprint density at radius 1 is 0.826 bits per heavy atom. The largest absolute Gasteiger partial charge is 0.422 e. The summed E-state index contributed by atoms with van der Waals surface area (Å²) in [5.74, 6) is 0.548. The lowest BCUT2D eigenvalue weighted by Crippen LogP contribution is -2.35. The van der Waals surface area contributed by atoms with Gasteiger partial charge in [-0.15, -0.1) is 26.3 Å². The summed E-state index contributed by atoms with van der Waals surface area (Å²) < 4.78 is 23.2. The van der Waals surface area contributed by atoms with Gasteiger partial charge in [-0.3, -0.25) is 0 Å². The molecule has 0 atom stereocenters. The predicted octanol–water partition coefficient (Wildman–Crippen LogP) is 4.52. The quantitative estimate of drug-likeness (QED) is 0.416. The molecule has 1 rings (SSSR count). The highest BCUT2D eigenvalue weighted by molar-refractivity contribution is 7.54. The fourth-order valence-corrected chi connectivity index (χ4v) is 4.34. The average Bonchev–Trinajstić information content (AvgIpc) is 2.55. The molecule has 0 fully saturated rings. The first-order valence-corrected chi connectivity index (χ1v) is 8.94. The number of hydrogen-bond donors (Lipinski definition) is 0. The highest BCUT2D eigenvalue weighted by Crippen LogP contribution is 2.53. The van der Waals surface area contributed by atoms with Crippen LogP contribution < -0.4 is 4.52 Å². The van der Waals surface area contributed by atoms with Gasteiger partial charge in [0.25, 0.3) is 0 Å². The van der Waals surface area contributed by atoms with Gasteiger partial charge in [-0.2, -0.15) is 0 Å². The van der Waals surface area contributed by atoms with Gasteiger partial charge in [-0.25, -0.2) is 13.9 Å². The molecular formula is C18H25N2O2P. The number of nitrogens with zero attached hydrogens (tertiary/aromatic N) is 2. The van der Waals surface area contributed by atoms with Crippen LogP contribution in [0.5, 0.6) is 5.75 Å². The van der Waals surface area contributed by atoms with Gasteiger partial charge >= 0.3 is 7.67 Å². The van der Waals surface area contributed by atoms with Crippen molar-refractivity contribution in [2.24, 2.45) is 0 Å².